The van der Waals surface area contributed by atoms with Crippen LogP contribution in [0.5, 0.6) is 0 Å². The van der Waals surface area contributed by atoms with Gasteiger partial charge in [0.2, 0.25) is 0 Å². The predicted molar refractivity (Wildman–Crippen MR) is 52.5 cm³/mol. The zero-order valence-electron chi connectivity index (χ0n) is 8.31. The lowest BCUT2D eigenvalue weighted by Gasteiger charge is -2.30. The zero-order valence-corrected chi connectivity index (χ0v) is 8.31. The van der Waals surface area contributed by atoms with Gasteiger partial charge in [-0.3, -0.25) is 4.79 Å². The molecule has 1 atom stereocenters. The van der Waals surface area contributed by atoms with E-state index in [0.717, 1.165) is 0 Å². The van der Waals surface area contributed by atoms with E-state index in [1.54, 1.807) is 0 Å². The molecule has 15 heavy (non-hydrogen) atoms. The number of piperazine rings is 1. The van der Waals surface area contributed by atoms with E-state index in [2.05, 4.69) is 11.9 Å². The van der Waals surface area contributed by atoms with E-state index < -0.39 is 18.1 Å². The Balaban J connectivity index is 2.44. The second-order valence-electron chi connectivity index (χ2n) is 3.16. The molecule has 6 heteroatoms. The van der Waals surface area contributed by atoms with Gasteiger partial charge in [0.25, 0.3) is 0 Å². The van der Waals surface area contributed by atoms with Crippen LogP contribution >= 0.6 is 0 Å². The van der Waals surface area contributed by atoms with Crippen molar-refractivity contribution in [3.8, 4) is 0 Å². The third-order valence-electron chi connectivity index (χ3n) is 2.06. The number of carboxylic acid groups (broad SMARTS) is 1. The Bertz CT molecular complexity index is 267. The molecule has 6 nitrogen and oxygen atoms in total. The van der Waals surface area contributed by atoms with Crippen molar-refractivity contribution in [3.05, 3.63) is 12.7 Å². The SMILES string of the molecule is C=CCOC(=O)N1CCN[C@@H](C(=O)O)C1. The van der Waals surface area contributed by atoms with Gasteiger partial charge in [-0.1, -0.05) is 12.7 Å². The Morgan fingerprint density at radius 1 is 1.67 bits per heavy atom. The van der Waals surface area contributed by atoms with Crippen molar-refractivity contribution < 1.29 is 19.4 Å². The molecule has 0 spiro atoms. The van der Waals surface area contributed by atoms with E-state index in [1.165, 1.54) is 11.0 Å². The van der Waals surface area contributed by atoms with Crippen LogP contribution in [0.25, 0.3) is 0 Å². The van der Waals surface area contributed by atoms with Gasteiger partial charge in [-0.2, -0.15) is 0 Å². The van der Waals surface area contributed by atoms with Gasteiger partial charge in [0.15, 0.2) is 0 Å². The minimum atomic E-state index is -0.962. The summed E-state index contributed by atoms with van der Waals surface area (Å²) in [6, 6.07) is -0.713. The Hall–Kier alpha value is -1.56. The summed E-state index contributed by atoms with van der Waals surface area (Å²) in [5.74, 6) is -0.962. The Morgan fingerprint density at radius 2 is 2.40 bits per heavy atom. The van der Waals surface area contributed by atoms with Crippen LogP contribution in [0, 0.1) is 0 Å². The Morgan fingerprint density at radius 3 is 3.00 bits per heavy atom. The van der Waals surface area contributed by atoms with Gasteiger partial charge in [0.05, 0.1) is 6.54 Å². The molecule has 0 unspecified atom stereocenters. The van der Waals surface area contributed by atoms with E-state index in [9.17, 15) is 9.59 Å². The van der Waals surface area contributed by atoms with Gasteiger partial charge in [-0.05, 0) is 0 Å². The highest BCUT2D eigenvalue weighted by atomic mass is 16.6. The number of carbonyl (C=O) groups excluding carboxylic acids is 1. The minimum Gasteiger partial charge on any atom is -0.480 e. The molecule has 1 amide bonds. The summed E-state index contributed by atoms with van der Waals surface area (Å²) in [6.07, 6.45) is 0.969. The quantitative estimate of drug-likeness (QED) is 0.629. The molecule has 0 aliphatic carbocycles. The third kappa shape index (κ3) is 3.25. The fraction of sp³-hybridized carbons (Fsp3) is 0.556. The average molecular weight is 214 g/mol. The number of carbonyl (C=O) groups is 2. The zero-order chi connectivity index (χ0) is 11.3. The smallest absolute Gasteiger partial charge is 0.410 e. The molecule has 0 saturated carbocycles. The molecule has 84 valence electrons. The fourth-order valence-corrected chi connectivity index (χ4v) is 1.30. The highest BCUT2D eigenvalue weighted by Crippen LogP contribution is 2.02. The van der Waals surface area contributed by atoms with Crippen LogP contribution in [-0.2, 0) is 9.53 Å². The lowest BCUT2D eigenvalue weighted by atomic mass is 10.2. The molecule has 1 heterocycles. The number of nitrogens with zero attached hydrogens (tertiary/aromatic N) is 1. The highest BCUT2D eigenvalue weighted by Gasteiger charge is 2.28. The Labute approximate surface area is 87.5 Å². The lowest BCUT2D eigenvalue weighted by Crippen LogP contribution is -2.55. The highest BCUT2D eigenvalue weighted by molar-refractivity contribution is 5.76. The summed E-state index contributed by atoms with van der Waals surface area (Å²) in [7, 11) is 0. The number of aliphatic carboxylic acids is 1. The second-order valence-corrected chi connectivity index (χ2v) is 3.16. The normalized spacial score (nSPS) is 20.8. The van der Waals surface area contributed by atoms with Crippen LogP contribution in [0.2, 0.25) is 0 Å². The third-order valence-corrected chi connectivity index (χ3v) is 2.06. The molecular formula is C9H14N2O4. The molecule has 0 aromatic rings. The molecule has 1 aliphatic rings. The molecular weight excluding hydrogens is 200 g/mol. The molecule has 0 bridgehead atoms. The van der Waals surface area contributed by atoms with Crippen LogP contribution in [0.4, 0.5) is 4.79 Å². The van der Waals surface area contributed by atoms with Crippen molar-refractivity contribution in [1.29, 1.82) is 0 Å². The summed E-state index contributed by atoms with van der Waals surface area (Å²) in [5, 5.41) is 11.5. The van der Waals surface area contributed by atoms with E-state index in [1.807, 2.05) is 0 Å². The first-order valence-electron chi connectivity index (χ1n) is 4.64. The maximum Gasteiger partial charge on any atom is 0.410 e. The maximum absolute atomic E-state index is 11.4. The first kappa shape index (κ1) is 11.5. The lowest BCUT2D eigenvalue weighted by molar-refractivity contribution is -0.140. The number of amides is 1. The number of hydrogen-bond donors (Lipinski definition) is 2. The van der Waals surface area contributed by atoms with Crippen molar-refractivity contribution >= 4 is 12.1 Å². The average Bonchev–Trinajstić information content (AvgIpc) is 2.26. The van der Waals surface area contributed by atoms with Gasteiger partial charge in [0.1, 0.15) is 12.6 Å². The van der Waals surface area contributed by atoms with Crippen LogP contribution in [0.15, 0.2) is 12.7 Å². The summed E-state index contributed by atoms with van der Waals surface area (Å²) < 4.78 is 4.81. The summed E-state index contributed by atoms with van der Waals surface area (Å²) >= 11 is 0. The molecule has 1 rings (SSSR count). The molecule has 2 N–H and O–H groups in total. The first-order valence-corrected chi connectivity index (χ1v) is 4.64. The van der Waals surface area contributed by atoms with Gasteiger partial charge in [0, 0.05) is 13.1 Å². The Kier molecular flexibility index (Phi) is 4.11. The van der Waals surface area contributed by atoms with Crippen molar-refractivity contribution in [1.82, 2.24) is 10.2 Å². The largest absolute Gasteiger partial charge is 0.480 e. The monoisotopic (exact) mass is 214 g/mol. The van der Waals surface area contributed by atoms with Crippen LogP contribution < -0.4 is 5.32 Å². The number of ether oxygens (including phenoxy) is 1. The van der Waals surface area contributed by atoms with Crippen molar-refractivity contribution in [2.75, 3.05) is 26.2 Å². The summed E-state index contributed by atoms with van der Waals surface area (Å²) in [5.41, 5.74) is 0. The number of hydrogen-bond acceptors (Lipinski definition) is 4. The van der Waals surface area contributed by atoms with Crippen LogP contribution in [0.1, 0.15) is 0 Å². The fourth-order valence-electron chi connectivity index (χ4n) is 1.30. The van der Waals surface area contributed by atoms with Gasteiger partial charge in [-0.15, -0.1) is 0 Å². The van der Waals surface area contributed by atoms with Crippen molar-refractivity contribution in [2.45, 2.75) is 6.04 Å². The van der Waals surface area contributed by atoms with E-state index in [-0.39, 0.29) is 13.2 Å². The number of rotatable bonds is 3. The van der Waals surface area contributed by atoms with Crippen molar-refractivity contribution in [2.24, 2.45) is 0 Å². The molecule has 0 aromatic carbocycles. The first-order chi connectivity index (χ1) is 7.15. The van der Waals surface area contributed by atoms with E-state index >= 15 is 0 Å². The molecule has 0 radical (unpaired) electrons. The number of nitrogens with one attached hydrogen (secondary N) is 1. The van der Waals surface area contributed by atoms with Gasteiger partial charge >= 0.3 is 12.1 Å². The predicted octanol–water partition coefficient (Wildman–Crippen LogP) is -0.333. The molecule has 1 aliphatic heterocycles. The van der Waals surface area contributed by atoms with E-state index in [0.29, 0.717) is 13.1 Å². The molecule has 0 aromatic heterocycles. The maximum atomic E-state index is 11.4. The number of carboxylic acids is 1. The summed E-state index contributed by atoms with van der Waals surface area (Å²) in [6.45, 7) is 4.60. The molecule has 1 fully saturated rings. The van der Waals surface area contributed by atoms with Crippen molar-refractivity contribution in [3.63, 3.8) is 0 Å². The van der Waals surface area contributed by atoms with Crippen LogP contribution in [-0.4, -0.2) is 54.4 Å². The minimum absolute atomic E-state index is 0.130. The van der Waals surface area contributed by atoms with Gasteiger partial charge < -0.3 is 20.1 Å². The van der Waals surface area contributed by atoms with Crippen LogP contribution in [0.3, 0.4) is 0 Å². The topological polar surface area (TPSA) is 78.9 Å². The molecule has 1 saturated heterocycles. The van der Waals surface area contributed by atoms with E-state index in [4.69, 9.17) is 9.84 Å². The van der Waals surface area contributed by atoms with Gasteiger partial charge in [-0.25, -0.2) is 4.79 Å². The summed E-state index contributed by atoms with van der Waals surface area (Å²) in [4.78, 5) is 23.4. The standard InChI is InChI=1S/C9H14N2O4/c1-2-5-15-9(14)11-4-3-10-7(6-11)8(12)13/h2,7,10H,1,3-6H2,(H,12,13)/t7-/m1/s1. The second kappa shape index (κ2) is 5.35.